The number of unbranched alkanes of at least 4 members (excludes halogenated alkanes) is 1. The lowest BCUT2D eigenvalue weighted by atomic mass is 9.79. The molecule has 0 aromatic carbocycles. The highest BCUT2D eigenvalue weighted by molar-refractivity contribution is 4.81. The fourth-order valence-electron chi connectivity index (χ4n) is 2.98. The van der Waals surface area contributed by atoms with Crippen LogP contribution in [0, 0.1) is 11.8 Å². The van der Waals surface area contributed by atoms with Gasteiger partial charge in [-0.2, -0.15) is 0 Å². The Kier molecular flexibility index (Phi) is 6.41. The Labute approximate surface area is 102 Å². The van der Waals surface area contributed by atoms with Gasteiger partial charge in [-0.25, -0.2) is 0 Å². The average Bonchev–Trinajstić information content (AvgIpc) is 2.26. The Bertz CT molecular complexity index is 176. The van der Waals surface area contributed by atoms with Crippen molar-refractivity contribution < 1.29 is 0 Å². The van der Waals surface area contributed by atoms with Crippen molar-refractivity contribution in [1.82, 2.24) is 5.32 Å². The van der Waals surface area contributed by atoms with Crippen molar-refractivity contribution in [3.63, 3.8) is 0 Å². The second-order valence-electron chi connectivity index (χ2n) is 6.08. The third kappa shape index (κ3) is 4.86. The molecule has 1 aliphatic carbocycles. The van der Waals surface area contributed by atoms with Crippen molar-refractivity contribution in [3.8, 4) is 0 Å². The van der Waals surface area contributed by atoms with Crippen molar-refractivity contribution in [2.24, 2.45) is 11.8 Å². The maximum Gasteiger partial charge on any atom is 0.00722 e. The summed E-state index contributed by atoms with van der Waals surface area (Å²) in [6.45, 7) is 9.40. The molecule has 96 valence electrons. The van der Waals surface area contributed by atoms with Crippen LogP contribution in [-0.2, 0) is 0 Å². The van der Waals surface area contributed by atoms with Crippen molar-refractivity contribution in [2.75, 3.05) is 0 Å². The van der Waals surface area contributed by atoms with Gasteiger partial charge in [0.05, 0.1) is 0 Å². The van der Waals surface area contributed by atoms with Crippen molar-refractivity contribution in [3.05, 3.63) is 0 Å². The lowest BCUT2D eigenvalue weighted by Crippen LogP contribution is -2.40. The van der Waals surface area contributed by atoms with Crippen molar-refractivity contribution >= 4 is 0 Å². The molecule has 0 aromatic heterocycles. The van der Waals surface area contributed by atoms with E-state index in [2.05, 4.69) is 33.0 Å². The Morgan fingerprint density at radius 3 is 2.56 bits per heavy atom. The summed E-state index contributed by atoms with van der Waals surface area (Å²) in [6.07, 6.45) is 9.74. The van der Waals surface area contributed by atoms with E-state index < -0.39 is 0 Å². The number of hydrogen-bond acceptors (Lipinski definition) is 1. The highest BCUT2D eigenvalue weighted by Gasteiger charge is 2.24. The quantitative estimate of drug-likeness (QED) is 0.708. The first-order chi connectivity index (χ1) is 7.63. The molecule has 0 heterocycles. The molecular weight excluding hydrogens is 194 g/mol. The molecule has 0 aliphatic heterocycles. The van der Waals surface area contributed by atoms with Crippen LogP contribution in [0.5, 0.6) is 0 Å². The van der Waals surface area contributed by atoms with Gasteiger partial charge in [-0.05, 0) is 38.0 Å². The van der Waals surface area contributed by atoms with Crippen LogP contribution in [0.25, 0.3) is 0 Å². The highest BCUT2D eigenvalue weighted by atomic mass is 14.9. The fraction of sp³-hybridized carbons (Fsp3) is 1.00. The van der Waals surface area contributed by atoms with Crippen molar-refractivity contribution in [1.29, 1.82) is 0 Å². The van der Waals surface area contributed by atoms with E-state index in [-0.39, 0.29) is 0 Å². The van der Waals surface area contributed by atoms with Crippen LogP contribution in [-0.4, -0.2) is 12.1 Å². The smallest absolute Gasteiger partial charge is 0.00722 e. The van der Waals surface area contributed by atoms with Gasteiger partial charge in [0.2, 0.25) is 0 Å². The lowest BCUT2D eigenvalue weighted by Gasteiger charge is -2.34. The standard InChI is InChI=1S/C15H31N/c1-5-6-8-13(4)16-15-10-7-9-14(11-15)12(2)3/h12-16H,5-11H2,1-4H3. The van der Waals surface area contributed by atoms with Gasteiger partial charge in [-0.3, -0.25) is 0 Å². The zero-order valence-corrected chi connectivity index (χ0v) is 11.8. The van der Waals surface area contributed by atoms with Crippen molar-refractivity contribution in [2.45, 2.75) is 84.7 Å². The van der Waals surface area contributed by atoms with Gasteiger partial charge >= 0.3 is 0 Å². The molecule has 3 atom stereocenters. The number of rotatable bonds is 6. The predicted octanol–water partition coefficient (Wildman–Crippen LogP) is 4.37. The van der Waals surface area contributed by atoms with Gasteiger partial charge < -0.3 is 5.32 Å². The van der Waals surface area contributed by atoms with Gasteiger partial charge in [0.1, 0.15) is 0 Å². The summed E-state index contributed by atoms with van der Waals surface area (Å²) in [5.74, 6) is 1.83. The normalized spacial score (nSPS) is 28.3. The molecule has 0 spiro atoms. The molecule has 3 unspecified atom stereocenters. The average molecular weight is 225 g/mol. The molecule has 1 nitrogen and oxygen atoms in total. The molecule has 0 amide bonds. The summed E-state index contributed by atoms with van der Waals surface area (Å²) in [4.78, 5) is 0. The Morgan fingerprint density at radius 2 is 1.94 bits per heavy atom. The number of nitrogens with one attached hydrogen (secondary N) is 1. The largest absolute Gasteiger partial charge is 0.311 e. The third-order valence-corrected chi connectivity index (χ3v) is 4.17. The SMILES string of the molecule is CCCCC(C)NC1CCCC(C(C)C)C1. The zero-order valence-electron chi connectivity index (χ0n) is 11.8. The topological polar surface area (TPSA) is 12.0 Å². The summed E-state index contributed by atoms with van der Waals surface area (Å²) < 4.78 is 0. The Morgan fingerprint density at radius 1 is 1.19 bits per heavy atom. The van der Waals surface area contributed by atoms with E-state index in [1.807, 2.05) is 0 Å². The monoisotopic (exact) mass is 225 g/mol. The Balaban J connectivity index is 2.25. The summed E-state index contributed by atoms with van der Waals surface area (Å²) in [7, 11) is 0. The molecule has 1 rings (SSSR count). The van der Waals surface area contributed by atoms with E-state index >= 15 is 0 Å². The van der Waals surface area contributed by atoms with Crippen LogP contribution in [0.3, 0.4) is 0 Å². The molecule has 16 heavy (non-hydrogen) atoms. The first kappa shape index (κ1) is 14.0. The van der Waals surface area contributed by atoms with Crippen LogP contribution in [0.1, 0.15) is 72.6 Å². The zero-order chi connectivity index (χ0) is 12.0. The lowest BCUT2D eigenvalue weighted by molar-refractivity contribution is 0.220. The minimum absolute atomic E-state index is 0.718. The van der Waals surface area contributed by atoms with E-state index in [1.165, 1.54) is 44.9 Å². The second kappa shape index (κ2) is 7.32. The third-order valence-electron chi connectivity index (χ3n) is 4.17. The van der Waals surface area contributed by atoms with E-state index in [0.717, 1.165) is 23.9 Å². The van der Waals surface area contributed by atoms with Crippen LogP contribution >= 0.6 is 0 Å². The first-order valence-electron chi connectivity index (χ1n) is 7.39. The molecule has 1 N–H and O–H groups in total. The summed E-state index contributed by atoms with van der Waals surface area (Å²) in [6, 6.07) is 1.52. The van der Waals surface area contributed by atoms with Crippen LogP contribution in [0.15, 0.2) is 0 Å². The predicted molar refractivity (Wildman–Crippen MR) is 72.7 cm³/mol. The molecule has 0 radical (unpaired) electrons. The second-order valence-corrected chi connectivity index (χ2v) is 6.08. The molecule has 1 saturated carbocycles. The minimum Gasteiger partial charge on any atom is -0.311 e. The van der Waals surface area contributed by atoms with E-state index in [4.69, 9.17) is 0 Å². The van der Waals surface area contributed by atoms with Crippen LogP contribution in [0.4, 0.5) is 0 Å². The van der Waals surface area contributed by atoms with Gasteiger partial charge in [0.25, 0.3) is 0 Å². The first-order valence-corrected chi connectivity index (χ1v) is 7.39. The molecule has 0 bridgehead atoms. The number of hydrogen-bond donors (Lipinski definition) is 1. The van der Waals surface area contributed by atoms with Crippen LogP contribution < -0.4 is 5.32 Å². The highest BCUT2D eigenvalue weighted by Crippen LogP contribution is 2.30. The maximum absolute atomic E-state index is 3.84. The van der Waals surface area contributed by atoms with E-state index in [1.54, 1.807) is 0 Å². The maximum atomic E-state index is 3.84. The van der Waals surface area contributed by atoms with Gasteiger partial charge in [0.15, 0.2) is 0 Å². The molecule has 0 aromatic rings. The molecule has 1 heteroatoms. The minimum atomic E-state index is 0.718. The summed E-state index contributed by atoms with van der Waals surface area (Å²) in [5, 5.41) is 3.84. The molecular formula is C15H31N. The van der Waals surface area contributed by atoms with Gasteiger partial charge in [-0.15, -0.1) is 0 Å². The molecule has 1 aliphatic rings. The molecule has 0 saturated heterocycles. The Hall–Kier alpha value is -0.0400. The van der Waals surface area contributed by atoms with E-state index in [9.17, 15) is 0 Å². The fourth-order valence-corrected chi connectivity index (χ4v) is 2.98. The van der Waals surface area contributed by atoms with Gasteiger partial charge in [-0.1, -0.05) is 46.5 Å². The summed E-state index contributed by atoms with van der Waals surface area (Å²) in [5.41, 5.74) is 0. The van der Waals surface area contributed by atoms with Crippen LogP contribution in [0.2, 0.25) is 0 Å². The molecule has 1 fully saturated rings. The van der Waals surface area contributed by atoms with E-state index in [0.29, 0.717) is 0 Å². The van der Waals surface area contributed by atoms with Gasteiger partial charge in [0, 0.05) is 12.1 Å². The summed E-state index contributed by atoms with van der Waals surface area (Å²) >= 11 is 0.